The molecule has 84 valence electrons. The molecule has 0 heterocycles. The summed E-state index contributed by atoms with van der Waals surface area (Å²) in [6, 6.07) is 1.32. The third kappa shape index (κ3) is 2.16. The van der Waals surface area contributed by atoms with E-state index in [-0.39, 0.29) is 16.5 Å². The summed E-state index contributed by atoms with van der Waals surface area (Å²) in [4.78, 5) is 0. The Morgan fingerprint density at radius 3 is 2.27 bits per heavy atom. The first-order chi connectivity index (χ1) is 7.02. The van der Waals surface area contributed by atoms with Gasteiger partial charge in [-0.05, 0) is 13.0 Å². The highest BCUT2D eigenvalue weighted by Crippen LogP contribution is 2.40. The number of ether oxygens (including phenoxy) is 2. The van der Waals surface area contributed by atoms with Crippen LogP contribution in [-0.2, 0) is 0 Å². The summed E-state index contributed by atoms with van der Waals surface area (Å²) in [7, 11) is 2.68. The highest BCUT2D eigenvalue weighted by Gasteiger charge is 2.21. The van der Waals surface area contributed by atoms with Crippen molar-refractivity contribution in [2.24, 2.45) is 0 Å². The number of hydrogen-bond donors (Lipinski definition) is 1. The molecule has 0 aliphatic carbocycles. The first-order valence-corrected chi connectivity index (χ1v) is 4.68. The summed E-state index contributed by atoms with van der Waals surface area (Å²) in [6.45, 7) is 1.53. The van der Waals surface area contributed by atoms with Gasteiger partial charge in [0, 0.05) is 5.56 Å². The van der Waals surface area contributed by atoms with Crippen LogP contribution in [0.2, 0.25) is 5.02 Å². The lowest BCUT2D eigenvalue weighted by atomic mass is 10.1. The molecule has 0 aliphatic rings. The lowest BCUT2D eigenvalue weighted by Crippen LogP contribution is -2.02. The largest absolute Gasteiger partial charge is 0.492 e. The second kappa shape index (κ2) is 4.68. The molecular weight excluding hydrogens is 223 g/mol. The van der Waals surface area contributed by atoms with Gasteiger partial charge in [0.25, 0.3) is 0 Å². The molecule has 0 spiro atoms. The molecule has 0 amide bonds. The number of methoxy groups -OCH3 is 2. The van der Waals surface area contributed by atoms with E-state index in [0.717, 1.165) is 0 Å². The molecule has 0 saturated carbocycles. The van der Waals surface area contributed by atoms with Crippen LogP contribution in [-0.4, -0.2) is 19.3 Å². The Bertz CT molecular complexity index is 366. The van der Waals surface area contributed by atoms with Crippen LogP contribution in [0.25, 0.3) is 0 Å². The molecule has 1 atom stereocenters. The Balaban J connectivity index is 3.47. The second-order valence-electron chi connectivity index (χ2n) is 3.00. The number of hydrogen-bond acceptors (Lipinski definition) is 3. The maximum Gasteiger partial charge on any atom is 0.198 e. The molecule has 0 radical (unpaired) electrons. The van der Waals surface area contributed by atoms with Crippen LogP contribution in [0.15, 0.2) is 6.07 Å². The Kier molecular flexibility index (Phi) is 3.77. The fraction of sp³-hybridized carbons (Fsp3) is 0.400. The van der Waals surface area contributed by atoms with Crippen LogP contribution in [0.4, 0.5) is 4.39 Å². The fourth-order valence-corrected chi connectivity index (χ4v) is 1.51. The molecule has 1 aromatic carbocycles. The zero-order valence-corrected chi connectivity index (χ0v) is 9.43. The lowest BCUT2D eigenvalue weighted by Gasteiger charge is -2.15. The van der Waals surface area contributed by atoms with Gasteiger partial charge in [-0.15, -0.1) is 0 Å². The van der Waals surface area contributed by atoms with E-state index in [0.29, 0.717) is 5.56 Å². The molecule has 0 saturated heterocycles. The normalized spacial score (nSPS) is 12.4. The van der Waals surface area contributed by atoms with Crippen molar-refractivity contribution in [1.29, 1.82) is 0 Å². The van der Waals surface area contributed by atoms with Gasteiger partial charge in [0.05, 0.1) is 25.3 Å². The SMILES string of the molecule is COc1c(C(C)O)cc(Cl)c(F)c1OC. The summed E-state index contributed by atoms with van der Waals surface area (Å²) in [6.07, 6.45) is -0.813. The minimum absolute atomic E-state index is 0.0964. The Hall–Kier alpha value is -1.00. The highest BCUT2D eigenvalue weighted by atomic mass is 35.5. The number of halogens is 2. The van der Waals surface area contributed by atoms with Crippen molar-refractivity contribution in [2.75, 3.05) is 14.2 Å². The van der Waals surface area contributed by atoms with Gasteiger partial charge in [0.1, 0.15) is 0 Å². The van der Waals surface area contributed by atoms with E-state index in [2.05, 4.69) is 0 Å². The minimum atomic E-state index is -0.813. The smallest absolute Gasteiger partial charge is 0.198 e. The predicted molar refractivity (Wildman–Crippen MR) is 55.1 cm³/mol. The lowest BCUT2D eigenvalue weighted by molar-refractivity contribution is 0.192. The summed E-state index contributed by atoms with van der Waals surface area (Å²) in [5, 5.41) is 9.35. The molecule has 1 unspecified atom stereocenters. The van der Waals surface area contributed by atoms with Gasteiger partial charge in [0.2, 0.25) is 0 Å². The summed E-state index contributed by atoms with van der Waals surface area (Å²) in [5.74, 6) is -0.629. The summed E-state index contributed by atoms with van der Waals surface area (Å²) < 4.78 is 23.3. The van der Waals surface area contributed by atoms with Gasteiger partial charge in [-0.2, -0.15) is 0 Å². The van der Waals surface area contributed by atoms with Gasteiger partial charge >= 0.3 is 0 Å². The van der Waals surface area contributed by atoms with Crippen molar-refractivity contribution >= 4 is 11.6 Å². The van der Waals surface area contributed by atoms with Crippen LogP contribution < -0.4 is 9.47 Å². The maximum absolute atomic E-state index is 13.5. The third-order valence-electron chi connectivity index (χ3n) is 2.02. The first kappa shape index (κ1) is 12.1. The van der Waals surface area contributed by atoms with Crippen molar-refractivity contribution < 1.29 is 19.0 Å². The van der Waals surface area contributed by atoms with Crippen molar-refractivity contribution in [3.05, 3.63) is 22.5 Å². The quantitative estimate of drug-likeness (QED) is 0.874. The number of aliphatic hydroxyl groups excluding tert-OH is 1. The topological polar surface area (TPSA) is 38.7 Å². The van der Waals surface area contributed by atoms with E-state index >= 15 is 0 Å². The standard InChI is InChI=1S/C10H12ClFO3/c1-5(13)6-4-7(11)8(12)10(15-3)9(6)14-2/h4-5,13H,1-3H3. The van der Waals surface area contributed by atoms with Gasteiger partial charge in [-0.1, -0.05) is 11.6 Å². The van der Waals surface area contributed by atoms with Crippen molar-refractivity contribution in [2.45, 2.75) is 13.0 Å². The molecule has 15 heavy (non-hydrogen) atoms. The molecule has 1 rings (SSSR count). The van der Waals surface area contributed by atoms with Crippen LogP contribution in [0.1, 0.15) is 18.6 Å². The molecule has 0 fully saturated rings. The molecule has 5 heteroatoms. The van der Waals surface area contributed by atoms with Gasteiger partial charge in [0.15, 0.2) is 17.3 Å². The number of aliphatic hydroxyl groups is 1. The first-order valence-electron chi connectivity index (χ1n) is 4.30. The minimum Gasteiger partial charge on any atom is -0.492 e. The van der Waals surface area contributed by atoms with E-state index in [9.17, 15) is 9.50 Å². The Labute approximate surface area is 92.4 Å². The zero-order valence-electron chi connectivity index (χ0n) is 8.67. The number of rotatable bonds is 3. The monoisotopic (exact) mass is 234 g/mol. The Morgan fingerprint density at radius 2 is 1.87 bits per heavy atom. The van der Waals surface area contributed by atoms with E-state index in [1.807, 2.05) is 0 Å². The van der Waals surface area contributed by atoms with E-state index < -0.39 is 11.9 Å². The predicted octanol–water partition coefficient (Wildman–Crippen LogP) is 2.55. The summed E-state index contributed by atoms with van der Waals surface area (Å²) in [5.41, 5.74) is 0.390. The molecule has 1 N–H and O–H groups in total. The van der Waals surface area contributed by atoms with E-state index in [4.69, 9.17) is 21.1 Å². The average Bonchev–Trinajstić information content (AvgIpc) is 2.20. The second-order valence-corrected chi connectivity index (χ2v) is 3.41. The molecule has 0 aromatic heterocycles. The van der Waals surface area contributed by atoms with E-state index in [1.54, 1.807) is 0 Å². The summed E-state index contributed by atoms with van der Waals surface area (Å²) >= 11 is 5.65. The van der Waals surface area contributed by atoms with Crippen LogP contribution in [0.3, 0.4) is 0 Å². The molecule has 1 aromatic rings. The fourth-order valence-electron chi connectivity index (χ4n) is 1.31. The van der Waals surface area contributed by atoms with Crippen LogP contribution in [0.5, 0.6) is 11.5 Å². The van der Waals surface area contributed by atoms with Crippen molar-refractivity contribution in [1.82, 2.24) is 0 Å². The third-order valence-corrected chi connectivity index (χ3v) is 2.29. The van der Waals surface area contributed by atoms with Crippen molar-refractivity contribution in [3.63, 3.8) is 0 Å². The Morgan fingerprint density at radius 1 is 1.33 bits per heavy atom. The van der Waals surface area contributed by atoms with Crippen LogP contribution in [0, 0.1) is 5.82 Å². The average molecular weight is 235 g/mol. The maximum atomic E-state index is 13.5. The zero-order chi connectivity index (χ0) is 11.6. The van der Waals surface area contributed by atoms with Crippen LogP contribution >= 0.6 is 11.6 Å². The van der Waals surface area contributed by atoms with E-state index in [1.165, 1.54) is 27.2 Å². The molecule has 0 bridgehead atoms. The molecule has 0 aliphatic heterocycles. The molecular formula is C10H12ClFO3. The van der Waals surface area contributed by atoms with Crippen molar-refractivity contribution in [3.8, 4) is 11.5 Å². The van der Waals surface area contributed by atoms with Gasteiger partial charge < -0.3 is 14.6 Å². The van der Waals surface area contributed by atoms with Gasteiger partial charge in [-0.25, -0.2) is 4.39 Å². The molecule has 3 nitrogen and oxygen atoms in total. The highest BCUT2D eigenvalue weighted by molar-refractivity contribution is 6.31. The number of benzene rings is 1. The van der Waals surface area contributed by atoms with Gasteiger partial charge in [-0.3, -0.25) is 0 Å².